The lowest BCUT2D eigenvalue weighted by Gasteiger charge is -2.35. The van der Waals surface area contributed by atoms with E-state index in [0.717, 1.165) is 0 Å². The van der Waals surface area contributed by atoms with Crippen LogP contribution in [0, 0.1) is 10.1 Å². The monoisotopic (exact) mass is 289 g/mol. The zero-order valence-electron chi connectivity index (χ0n) is 12.2. The summed E-state index contributed by atoms with van der Waals surface area (Å²) in [5.74, 6) is -0.0679. The summed E-state index contributed by atoms with van der Waals surface area (Å²) in [7, 11) is 0. The maximum absolute atomic E-state index is 12.2. The van der Waals surface area contributed by atoms with E-state index in [1.807, 2.05) is 13.8 Å². The fourth-order valence-electron chi connectivity index (χ4n) is 2.52. The fourth-order valence-corrected chi connectivity index (χ4v) is 2.52. The number of nitro benzene ring substituents is 1. The van der Waals surface area contributed by atoms with Gasteiger partial charge in [-0.1, -0.05) is 12.1 Å². The summed E-state index contributed by atoms with van der Waals surface area (Å²) in [6, 6.07) is 6.76. The zero-order valence-corrected chi connectivity index (χ0v) is 12.2. The van der Waals surface area contributed by atoms with E-state index in [1.165, 1.54) is 18.2 Å². The third-order valence-electron chi connectivity index (χ3n) is 3.37. The molecule has 1 aromatic carbocycles. The van der Waals surface area contributed by atoms with E-state index in [4.69, 9.17) is 0 Å². The lowest BCUT2D eigenvalue weighted by Crippen LogP contribution is -2.55. The average molecular weight is 289 g/mol. The molecule has 1 aliphatic rings. The van der Waals surface area contributed by atoms with Gasteiger partial charge in [-0.15, -0.1) is 0 Å². The van der Waals surface area contributed by atoms with Crippen LogP contribution in [-0.2, 0) is 4.79 Å². The van der Waals surface area contributed by atoms with Gasteiger partial charge in [0.05, 0.1) is 4.92 Å². The standard InChI is InChI=1S/C15H19N3O3/c1-11-9-17(10-12(2)16-11)15(19)7-6-13-4-3-5-14(8-13)18(20)21/h3-8,11-12,16H,9-10H2,1-2H3. The van der Waals surface area contributed by atoms with Crippen molar-refractivity contribution >= 4 is 17.7 Å². The third-order valence-corrected chi connectivity index (χ3v) is 3.37. The molecule has 1 amide bonds. The first kappa shape index (κ1) is 15.2. The highest BCUT2D eigenvalue weighted by atomic mass is 16.6. The molecule has 1 aliphatic heterocycles. The van der Waals surface area contributed by atoms with Crippen molar-refractivity contribution in [1.82, 2.24) is 10.2 Å². The quantitative estimate of drug-likeness (QED) is 0.523. The molecule has 112 valence electrons. The predicted octanol–water partition coefficient (Wildman–Crippen LogP) is 1.82. The molecular formula is C15H19N3O3. The first-order valence-corrected chi connectivity index (χ1v) is 6.93. The molecule has 1 N–H and O–H groups in total. The van der Waals surface area contributed by atoms with E-state index in [-0.39, 0.29) is 23.7 Å². The second-order valence-corrected chi connectivity index (χ2v) is 5.40. The summed E-state index contributed by atoms with van der Waals surface area (Å²) in [4.78, 5) is 24.2. The van der Waals surface area contributed by atoms with Crippen LogP contribution >= 0.6 is 0 Å². The lowest BCUT2D eigenvalue weighted by molar-refractivity contribution is -0.384. The van der Waals surface area contributed by atoms with E-state index in [0.29, 0.717) is 18.7 Å². The number of amides is 1. The van der Waals surface area contributed by atoms with Crippen LogP contribution in [0.15, 0.2) is 30.3 Å². The van der Waals surface area contributed by atoms with Crippen LogP contribution in [0.1, 0.15) is 19.4 Å². The molecule has 1 fully saturated rings. The molecule has 0 aliphatic carbocycles. The topological polar surface area (TPSA) is 75.5 Å². The maximum atomic E-state index is 12.2. The Morgan fingerprint density at radius 2 is 2.05 bits per heavy atom. The minimum atomic E-state index is -0.446. The molecule has 0 spiro atoms. The van der Waals surface area contributed by atoms with Gasteiger partial charge in [-0.25, -0.2) is 0 Å². The van der Waals surface area contributed by atoms with Crippen molar-refractivity contribution in [3.63, 3.8) is 0 Å². The van der Waals surface area contributed by atoms with E-state index in [9.17, 15) is 14.9 Å². The zero-order chi connectivity index (χ0) is 15.4. The minimum Gasteiger partial charge on any atom is -0.336 e. The van der Waals surface area contributed by atoms with Crippen molar-refractivity contribution in [3.8, 4) is 0 Å². The molecule has 21 heavy (non-hydrogen) atoms. The number of non-ortho nitro benzene ring substituents is 1. The van der Waals surface area contributed by atoms with Crippen molar-refractivity contribution in [2.75, 3.05) is 13.1 Å². The summed E-state index contributed by atoms with van der Waals surface area (Å²) in [6.45, 7) is 5.42. The normalized spacial score (nSPS) is 22.5. The Labute approximate surface area is 123 Å². The van der Waals surface area contributed by atoms with E-state index in [2.05, 4.69) is 5.32 Å². The highest BCUT2D eigenvalue weighted by Gasteiger charge is 2.23. The average Bonchev–Trinajstić information content (AvgIpc) is 2.44. The number of piperazine rings is 1. The Morgan fingerprint density at radius 3 is 2.67 bits per heavy atom. The van der Waals surface area contributed by atoms with Gasteiger partial charge in [-0.3, -0.25) is 14.9 Å². The Bertz CT molecular complexity index is 561. The van der Waals surface area contributed by atoms with Gasteiger partial charge in [0.2, 0.25) is 5.91 Å². The van der Waals surface area contributed by atoms with Gasteiger partial charge in [0.25, 0.3) is 5.69 Å². The largest absolute Gasteiger partial charge is 0.336 e. The minimum absolute atomic E-state index is 0.0222. The molecule has 0 aromatic heterocycles. The SMILES string of the molecule is CC1CN(C(=O)C=Cc2cccc([N+](=O)[O-])c2)CC(C)N1. The number of carbonyl (C=O) groups is 1. The molecule has 2 unspecified atom stereocenters. The van der Waals surface area contributed by atoms with E-state index < -0.39 is 4.92 Å². The Balaban J connectivity index is 2.05. The molecule has 2 atom stereocenters. The van der Waals surface area contributed by atoms with Crippen LogP contribution in [0.4, 0.5) is 5.69 Å². The maximum Gasteiger partial charge on any atom is 0.270 e. The summed E-state index contributed by atoms with van der Waals surface area (Å²) in [6.07, 6.45) is 3.09. The number of nitrogens with zero attached hydrogens (tertiary/aromatic N) is 2. The molecule has 1 saturated heterocycles. The molecule has 0 radical (unpaired) electrons. The number of benzene rings is 1. The van der Waals surface area contributed by atoms with Gasteiger partial charge < -0.3 is 10.2 Å². The van der Waals surface area contributed by atoms with Crippen molar-refractivity contribution in [2.24, 2.45) is 0 Å². The molecular weight excluding hydrogens is 270 g/mol. The smallest absolute Gasteiger partial charge is 0.270 e. The highest BCUT2D eigenvalue weighted by molar-refractivity contribution is 5.92. The predicted molar refractivity (Wildman–Crippen MR) is 80.8 cm³/mol. The van der Waals surface area contributed by atoms with Gasteiger partial charge in [0.15, 0.2) is 0 Å². The van der Waals surface area contributed by atoms with Crippen molar-refractivity contribution in [3.05, 3.63) is 46.0 Å². The fraction of sp³-hybridized carbons (Fsp3) is 0.400. The molecule has 1 aromatic rings. The van der Waals surface area contributed by atoms with Crippen LogP contribution in [0.2, 0.25) is 0 Å². The van der Waals surface area contributed by atoms with Gasteiger partial charge in [-0.05, 0) is 25.5 Å². The van der Waals surface area contributed by atoms with Crippen LogP contribution in [0.25, 0.3) is 6.08 Å². The van der Waals surface area contributed by atoms with Crippen molar-refractivity contribution in [1.29, 1.82) is 0 Å². The molecule has 0 bridgehead atoms. The van der Waals surface area contributed by atoms with Crippen molar-refractivity contribution in [2.45, 2.75) is 25.9 Å². The molecule has 1 heterocycles. The Morgan fingerprint density at radius 1 is 1.38 bits per heavy atom. The number of hydrogen-bond donors (Lipinski definition) is 1. The molecule has 2 rings (SSSR count). The van der Waals surface area contributed by atoms with E-state index in [1.54, 1.807) is 23.1 Å². The van der Waals surface area contributed by atoms with Gasteiger partial charge in [-0.2, -0.15) is 0 Å². The first-order valence-electron chi connectivity index (χ1n) is 6.93. The Kier molecular flexibility index (Phi) is 4.70. The summed E-state index contributed by atoms with van der Waals surface area (Å²) >= 11 is 0. The van der Waals surface area contributed by atoms with Gasteiger partial charge >= 0.3 is 0 Å². The van der Waals surface area contributed by atoms with Crippen LogP contribution in [0.3, 0.4) is 0 Å². The number of hydrogen-bond acceptors (Lipinski definition) is 4. The van der Waals surface area contributed by atoms with Crippen LogP contribution < -0.4 is 5.32 Å². The lowest BCUT2D eigenvalue weighted by atomic mass is 10.1. The summed E-state index contributed by atoms with van der Waals surface area (Å²) in [5.41, 5.74) is 0.669. The summed E-state index contributed by atoms with van der Waals surface area (Å²) < 4.78 is 0. The number of carbonyl (C=O) groups excluding carboxylic acids is 1. The van der Waals surface area contributed by atoms with Gasteiger partial charge in [0, 0.05) is 43.4 Å². The molecule has 6 heteroatoms. The van der Waals surface area contributed by atoms with Crippen molar-refractivity contribution < 1.29 is 9.72 Å². The second kappa shape index (κ2) is 6.49. The van der Waals surface area contributed by atoms with Crippen LogP contribution in [-0.4, -0.2) is 40.9 Å². The third kappa shape index (κ3) is 4.13. The molecule has 0 saturated carbocycles. The number of rotatable bonds is 3. The van der Waals surface area contributed by atoms with E-state index >= 15 is 0 Å². The highest BCUT2D eigenvalue weighted by Crippen LogP contribution is 2.14. The number of nitrogens with one attached hydrogen (secondary N) is 1. The summed E-state index contributed by atoms with van der Waals surface area (Å²) in [5, 5.41) is 14.1. The first-order chi connectivity index (χ1) is 9.95. The second-order valence-electron chi connectivity index (χ2n) is 5.40. The molecule has 6 nitrogen and oxygen atoms in total. The Hall–Kier alpha value is -2.21. The number of nitro groups is 1. The van der Waals surface area contributed by atoms with Crippen LogP contribution in [0.5, 0.6) is 0 Å². The van der Waals surface area contributed by atoms with Gasteiger partial charge in [0.1, 0.15) is 0 Å².